The zero-order valence-corrected chi connectivity index (χ0v) is 18.7. The molecule has 0 unspecified atom stereocenters. The van der Waals surface area contributed by atoms with E-state index in [1.165, 1.54) is 0 Å². The fraction of sp³-hybridized carbons (Fsp3) is 0.500. The first-order chi connectivity index (χ1) is 13.5. The normalized spacial score (nSPS) is 11.9. The number of benzene rings is 1. The maximum absolute atomic E-state index is 12.1. The summed E-state index contributed by atoms with van der Waals surface area (Å²) in [7, 11) is 0. The fourth-order valence-corrected chi connectivity index (χ4v) is 3.29. The lowest BCUT2D eigenvalue weighted by atomic mass is 9.89. The van der Waals surface area contributed by atoms with Crippen LogP contribution in [0.2, 0.25) is 0 Å². The molecule has 0 atom stereocenters. The van der Waals surface area contributed by atoms with E-state index in [2.05, 4.69) is 19.2 Å². The van der Waals surface area contributed by atoms with Crippen molar-refractivity contribution in [3.8, 4) is 11.1 Å². The maximum atomic E-state index is 12.1. The minimum absolute atomic E-state index is 0.245. The van der Waals surface area contributed by atoms with Crippen LogP contribution in [-0.2, 0) is 17.7 Å². The van der Waals surface area contributed by atoms with Crippen molar-refractivity contribution in [1.29, 1.82) is 0 Å². The summed E-state index contributed by atoms with van der Waals surface area (Å²) >= 11 is 0. The van der Waals surface area contributed by atoms with E-state index < -0.39 is 5.97 Å². The molecule has 0 fully saturated rings. The molecule has 0 saturated heterocycles. The van der Waals surface area contributed by atoms with Crippen LogP contribution in [0.3, 0.4) is 0 Å². The van der Waals surface area contributed by atoms with E-state index in [9.17, 15) is 9.90 Å². The van der Waals surface area contributed by atoms with Crippen molar-refractivity contribution in [2.45, 2.75) is 67.0 Å². The van der Waals surface area contributed by atoms with E-state index in [1.54, 1.807) is 6.92 Å². The monoisotopic (exact) mass is 398 g/mol. The predicted molar refractivity (Wildman–Crippen MR) is 117 cm³/mol. The Bertz CT molecular complexity index is 850. The van der Waals surface area contributed by atoms with Gasteiger partial charge in [0.2, 0.25) is 0 Å². The molecule has 2 aromatic rings. The van der Waals surface area contributed by atoms with Crippen molar-refractivity contribution in [3.63, 3.8) is 0 Å². The number of hydrogen-bond acceptors (Lipinski definition) is 4. The summed E-state index contributed by atoms with van der Waals surface area (Å²) in [6.07, 6.45) is 0.788. The van der Waals surface area contributed by atoms with Gasteiger partial charge in [0.25, 0.3) is 0 Å². The average Bonchev–Trinajstić information content (AvgIpc) is 2.58. The Morgan fingerprint density at radius 1 is 1.17 bits per heavy atom. The first-order valence-corrected chi connectivity index (χ1v) is 10.2. The number of carboxylic acid groups (broad SMARTS) is 1. The largest absolute Gasteiger partial charge is 0.478 e. The molecular formula is C24H34N2O3. The van der Waals surface area contributed by atoms with Crippen molar-refractivity contribution in [2.75, 3.05) is 6.73 Å². The summed E-state index contributed by atoms with van der Waals surface area (Å²) in [4.78, 5) is 16.8. The third-order valence-corrected chi connectivity index (χ3v) is 4.63. The van der Waals surface area contributed by atoms with Gasteiger partial charge in [-0.3, -0.25) is 10.3 Å². The molecule has 5 nitrogen and oxygen atoms in total. The molecule has 0 spiro atoms. The lowest BCUT2D eigenvalue weighted by molar-refractivity contribution is -0.0138. The number of pyridine rings is 1. The van der Waals surface area contributed by atoms with Gasteiger partial charge in [0.15, 0.2) is 0 Å². The summed E-state index contributed by atoms with van der Waals surface area (Å²) in [5, 5.41) is 13.3. The molecule has 0 aliphatic carbocycles. The van der Waals surface area contributed by atoms with Crippen molar-refractivity contribution in [1.82, 2.24) is 10.3 Å². The Balaban J connectivity index is 2.59. The van der Waals surface area contributed by atoms with Crippen molar-refractivity contribution in [3.05, 3.63) is 52.3 Å². The molecular weight excluding hydrogens is 364 g/mol. The Morgan fingerprint density at radius 3 is 2.31 bits per heavy atom. The number of nitrogens with one attached hydrogen (secondary N) is 1. The van der Waals surface area contributed by atoms with Gasteiger partial charge >= 0.3 is 5.97 Å². The van der Waals surface area contributed by atoms with Crippen LogP contribution in [0.5, 0.6) is 0 Å². The zero-order chi connectivity index (χ0) is 21.8. The highest BCUT2D eigenvalue weighted by Crippen LogP contribution is 2.33. The fourth-order valence-electron chi connectivity index (χ4n) is 3.29. The molecule has 29 heavy (non-hydrogen) atoms. The summed E-state index contributed by atoms with van der Waals surface area (Å²) in [6, 6.07) is 8.01. The standard InChI is InChI=1S/C24H34N2O3/c1-15(2)12-20-19(13-25-14-29-24(5,6)7)22(18-10-8-16(3)9-11-18)21(23(27)28)17(4)26-20/h8-11,15,25H,12-14H2,1-7H3,(H,27,28). The number of hydrogen-bond donors (Lipinski definition) is 2. The molecule has 2 N–H and O–H groups in total. The molecule has 0 amide bonds. The predicted octanol–water partition coefficient (Wildman–Crippen LogP) is 5.12. The first kappa shape index (κ1) is 23.0. The Kier molecular flexibility index (Phi) is 7.55. The molecule has 158 valence electrons. The maximum Gasteiger partial charge on any atom is 0.338 e. The highest BCUT2D eigenvalue weighted by molar-refractivity contribution is 5.98. The van der Waals surface area contributed by atoms with E-state index in [1.807, 2.05) is 52.0 Å². The summed E-state index contributed by atoms with van der Waals surface area (Å²) in [5.74, 6) is -0.540. The van der Waals surface area contributed by atoms with Gasteiger partial charge in [0, 0.05) is 17.8 Å². The van der Waals surface area contributed by atoms with E-state index in [0.29, 0.717) is 24.9 Å². The second kappa shape index (κ2) is 9.51. The molecule has 1 aromatic carbocycles. The molecule has 1 heterocycles. The van der Waals surface area contributed by atoms with E-state index in [0.717, 1.165) is 34.4 Å². The summed E-state index contributed by atoms with van der Waals surface area (Å²) in [6.45, 7) is 15.0. The van der Waals surface area contributed by atoms with E-state index >= 15 is 0 Å². The number of nitrogens with zero attached hydrogens (tertiary/aromatic N) is 1. The lowest BCUT2D eigenvalue weighted by Gasteiger charge is -2.22. The zero-order valence-electron chi connectivity index (χ0n) is 18.7. The van der Waals surface area contributed by atoms with Crippen molar-refractivity contribution in [2.24, 2.45) is 5.92 Å². The van der Waals surface area contributed by atoms with Crippen molar-refractivity contribution >= 4 is 5.97 Å². The highest BCUT2D eigenvalue weighted by Gasteiger charge is 2.23. The van der Waals surface area contributed by atoms with Crippen LogP contribution in [0.1, 0.15) is 67.5 Å². The Labute approximate surface area is 174 Å². The van der Waals surface area contributed by atoms with Gasteiger partial charge in [-0.2, -0.15) is 0 Å². The second-order valence-corrected chi connectivity index (χ2v) is 8.97. The molecule has 2 rings (SSSR count). The Hall–Kier alpha value is -2.24. The van der Waals surface area contributed by atoms with Crippen LogP contribution >= 0.6 is 0 Å². The SMILES string of the molecule is Cc1ccc(-c2c(CNCOC(C)(C)C)c(CC(C)C)nc(C)c2C(=O)O)cc1. The minimum atomic E-state index is -0.950. The van der Waals surface area contributed by atoms with Gasteiger partial charge < -0.3 is 9.84 Å². The number of carbonyl (C=O) groups is 1. The van der Waals surface area contributed by atoms with Gasteiger partial charge in [-0.1, -0.05) is 43.7 Å². The van der Waals surface area contributed by atoms with Gasteiger partial charge in [0.05, 0.1) is 23.6 Å². The summed E-state index contributed by atoms with van der Waals surface area (Å²) in [5.41, 5.74) is 5.25. The van der Waals surface area contributed by atoms with Crippen LogP contribution in [0.15, 0.2) is 24.3 Å². The number of aromatic nitrogens is 1. The van der Waals surface area contributed by atoms with E-state index in [4.69, 9.17) is 9.72 Å². The topological polar surface area (TPSA) is 71.5 Å². The van der Waals surface area contributed by atoms with Crippen LogP contribution in [0.4, 0.5) is 0 Å². The third-order valence-electron chi connectivity index (χ3n) is 4.63. The smallest absolute Gasteiger partial charge is 0.338 e. The number of rotatable bonds is 8. The number of aromatic carboxylic acids is 1. The minimum Gasteiger partial charge on any atom is -0.478 e. The highest BCUT2D eigenvalue weighted by atomic mass is 16.5. The van der Waals surface area contributed by atoms with Crippen LogP contribution in [0, 0.1) is 19.8 Å². The van der Waals surface area contributed by atoms with Crippen LogP contribution in [0.25, 0.3) is 11.1 Å². The molecule has 5 heteroatoms. The molecule has 0 saturated carbocycles. The number of carboxylic acids is 1. The summed E-state index contributed by atoms with van der Waals surface area (Å²) < 4.78 is 5.79. The third kappa shape index (κ3) is 6.38. The second-order valence-electron chi connectivity index (χ2n) is 8.97. The average molecular weight is 399 g/mol. The van der Waals surface area contributed by atoms with Crippen LogP contribution < -0.4 is 5.32 Å². The van der Waals surface area contributed by atoms with Gasteiger partial charge in [0.1, 0.15) is 0 Å². The molecule has 0 aliphatic rings. The lowest BCUT2D eigenvalue weighted by Crippen LogP contribution is -2.28. The van der Waals surface area contributed by atoms with Gasteiger partial charge in [-0.25, -0.2) is 4.79 Å². The van der Waals surface area contributed by atoms with E-state index in [-0.39, 0.29) is 11.2 Å². The molecule has 0 aliphatic heterocycles. The first-order valence-electron chi connectivity index (χ1n) is 10.2. The Morgan fingerprint density at radius 2 is 1.79 bits per heavy atom. The number of ether oxygens (including phenoxy) is 1. The number of aryl methyl sites for hydroxylation is 2. The molecule has 1 aromatic heterocycles. The quantitative estimate of drug-likeness (QED) is 0.477. The van der Waals surface area contributed by atoms with Gasteiger partial charge in [-0.15, -0.1) is 0 Å². The molecule has 0 radical (unpaired) electrons. The van der Waals surface area contributed by atoms with Crippen LogP contribution in [-0.4, -0.2) is 28.4 Å². The van der Waals surface area contributed by atoms with Gasteiger partial charge in [-0.05, 0) is 58.1 Å². The molecule has 0 bridgehead atoms. The van der Waals surface area contributed by atoms with Crippen molar-refractivity contribution < 1.29 is 14.6 Å².